The van der Waals surface area contributed by atoms with E-state index >= 15 is 0 Å². The van der Waals surface area contributed by atoms with Gasteiger partial charge in [0.1, 0.15) is 6.33 Å². The van der Waals surface area contributed by atoms with Gasteiger partial charge in [0.05, 0.1) is 19.5 Å². The molecule has 0 spiro atoms. The highest BCUT2D eigenvalue weighted by Gasteiger charge is 2.11. The summed E-state index contributed by atoms with van der Waals surface area (Å²) in [5.74, 6) is 6.56. The van der Waals surface area contributed by atoms with Gasteiger partial charge < -0.3 is 9.67 Å². The van der Waals surface area contributed by atoms with Gasteiger partial charge in [-0.3, -0.25) is 5.01 Å². The zero-order valence-electron chi connectivity index (χ0n) is 11.0. The maximum atomic E-state index is 8.67. The molecule has 0 fully saturated rings. The van der Waals surface area contributed by atoms with Crippen molar-refractivity contribution in [1.82, 2.24) is 24.9 Å². The minimum absolute atomic E-state index is 0.0803. The molecule has 2 N–H and O–H groups in total. The summed E-state index contributed by atoms with van der Waals surface area (Å²) in [5.41, 5.74) is 4.45. The SMILES string of the molecule is CNN(C)c1ncnc2c1ncn2CC#CCCO. The molecule has 2 heterocycles. The molecule has 2 rings (SSSR count). The third-order valence-corrected chi connectivity index (χ3v) is 2.65. The highest BCUT2D eigenvalue weighted by atomic mass is 16.2. The Kier molecular flexibility index (Phi) is 4.28. The van der Waals surface area contributed by atoms with Crippen molar-refractivity contribution in [2.24, 2.45) is 0 Å². The van der Waals surface area contributed by atoms with Gasteiger partial charge in [0.15, 0.2) is 17.0 Å². The number of rotatable bonds is 4. The van der Waals surface area contributed by atoms with Gasteiger partial charge in [-0.1, -0.05) is 11.8 Å². The summed E-state index contributed by atoms with van der Waals surface area (Å²) in [5, 5.41) is 10.4. The van der Waals surface area contributed by atoms with E-state index in [9.17, 15) is 0 Å². The van der Waals surface area contributed by atoms with Crippen LogP contribution in [0.4, 0.5) is 5.82 Å². The molecule has 0 aliphatic heterocycles. The number of hydrazine groups is 1. The van der Waals surface area contributed by atoms with Crippen LogP contribution in [0.1, 0.15) is 6.42 Å². The van der Waals surface area contributed by atoms with Crippen molar-refractivity contribution in [3.05, 3.63) is 12.7 Å². The fourth-order valence-corrected chi connectivity index (χ4v) is 1.62. The average molecular weight is 260 g/mol. The Balaban J connectivity index is 2.31. The van der Waals surface area contributed by atoms with Crippen molar-refractivity contribution in [2.75, 3.05) is 25.7 Å². The van der Waals surface area contributed by atoms with Crippen LogP contribution in [0.25, 0.3) is 11.2 Å². The number of aliphatic hydroxyl groups is 1. The minimum Gasteiger partial charge on any atom is -0.395 e. The topological polar surface area (TPSA) is 79.1 Å². The van der Waals surface area contributed by atoms with Crippen molar-refractivity contribution in [1.29, 1.82) is 0 Å². The molecular formula is C12H16N6O. The first-order valence-electron chi connectivity index (χ1n) is 5.91. The zero-order chi connectivity index (χ0) is 13.7. The molecular weight excluding hydrogens is 244 g/mol. The molecule has 0 amide bonds. The number of hydrogen-bond acceptors (Lipinski definition) is 6. The lowest BCUT2D eigenvalue weighted by atomic mass is 10.4. The van der Waals surface area contributed by atoms with Gasteiger partial charge in [-0.25, -0.2) is 20.4 Å². The van der Waals surface area contributed by atoms with E-state index in [-0.39, 0.29) is 6.61 Å². The quantitative estimate of drug-likeness (QED) is 0.584. The zero-order valence-corrected chi connectivity index (χ0v) is 11.0. The molecule has 2 aromatic rings. The van der Waals surface area contributed by atoms with Gasteiger partial charge in [-0.05, 0) is 0 Å². The largest absolute Gasteiger partial charge is 0.395 e. The van der Waals surface area contributed by atoms with E-state index in [4.69, 9.17) is 5.11 Å². The molecule has 100 valence electrons. The highest BCUT2D eigenvalue weighted by Crippen LogP contribution is 2.18. The summed E-state index contributed by atoms with van der Waals surface area (Å²) >= 11 is 0. The van der Waals surface area contributed by atoms with Crippen LogP contribution in [0.15, 0.2) is 12.7 Å². The van der Waals surface area contributed by atoms with Crippen molar-refractivity contribution < 1.29 is 5.11 Å². The Bertz CT molecular complexity index is 611. The molecule has 19 heavy (non-hydrogen) atoms. The van der Waals surface area contributed by atoms with Gasteiger partial charge in [0, 0.05) is 20.5 Å². The Labute approximate surface area is 111 Å². The molecule has 0 saturated carbocycles. The highest BCUT2D eigenvalue weighted by molar-refractivity contribution is 5.82. The molecule has 0 aliphatic carbocycles. The van der Waals surface area contributed by atoms with E-state index in [0.717, 1.165) is 17.0 Å². The predicted octanol–water partition coefficient (Wildman–Crippen LogP) is -0.217. The Morgan fingerprint density at radius 2 is 2.21 bits per heavy atom. The fourth-order valence-electron chi connectivity index (χ4n) is 1.62. The summed E-state index contributed by atoms with van der Waals surface area (Å²) in [6, 6.07) is 0. The molecule has 0 atom stereocenters. The van der Waals surface area contributed by atoms with Crippen LogP contribution in [0.3, 0.4) is 0 Å². The third kappa shape index (κ3) is 2.81. The lowest BCUT2D eigenvalue weighted by Gasteiger charge is -2.15. The molecule has 0 aromatic carbocycles. The molecule has 2 aromatic heterocycles. The Morgan fingerprint density at radius 3 is 2.95 bits per heavy atom. The number of hydrogen-bond donors (Lipinski definition) is 2. The van der Waals surface area contributed by atoms with E-state index in [0.29, 0.717) is 13.0 Å². The van der Waals surface area contributed by atoms with Gasteiger partial charge in [-0.15, -0.1) is 0 Å². The van der Waals surface area contributed by atoms with Gasteiger partial charge in [0.2, 0.25) is 0 Å². The van der Waals surface area contributed by atoms with E-state index in [2.05, 4.69) is 32.2 Å². The number of aliphatic hydroxyl groups excluding tert-OH is 1. The van der Waals surface area contributed by atoms with Crippen LogP contribution in [-0.4, -0.2) is 45.3 Å². The summed E-state index contributed by atoms with van der Waals surface area (Å²) < 4.78 is 1.86. The van der Waals surface area contributed by atoms with Gasteiger partial charge >= 0.3 is 0 Å². The Morgan fingerprint density at radius 1 is 1.37 bits per heavy atom. The first kappa shape index (κ1) is 13.3. The van der Waals surface area contributed by atoms with E-state index in [1.165, 1.54) is 6.33 Å². The Hall–Kier alpha value is -2.17. The lowest BCUT2D eigenvalue weighted by Crippen LogP contribution is -2.31. The third-order valence-electron chi connectivity index (χ3n) is 2.65. The van der Waals surface area contributed by atoms with Gasteiger partial charge in [-0.2, -0.15) is 0 Å². The number of fused-ring (bicyclic) bond motifs is 1. The summed E-state index contributed by atoms with van der Waals surface area (Å²) in [4.78, 5) is 12.8. The number of anilines is 1. The fraction of sp³-hybridized carbons (Fsp3) is 0.417. The summed E-state index contributed by atoms with van der Waals surface area (Å²) in [6.45, 7) is 0.577. The number of nitrogens with zero attached hydrogens (tertiary/aromatic N) is 5. The first-order valence-corrected chi connectivity index (χ1v) is 5.91. The average Bonchev–Trinajstić information content (AvgIpc) is 2.86. The normalized spacial score (nSPS) is 10.3. The molecule has 0 aliphatic rings. The minimum atomic E-state index is 0.0803. The molecule has 0 saturated heterocycles. The van der Waals surface area contributed by atoms with E-state index in [1.54, 1.807) is 11.3 Å². The van der Waals surface area contributed by atoms with Crippen LogP contribution in [0, 0.1) is 11.8 Å². The van der Waals surface area contributed by atoms with Crippen molar-refractivity contribution in [2.45, 2.75) is 13.0 Å². The molecule has 7 nitrogen and oxygen atoms in total. The van der Waals surface area contributed by atoms with Crippen LogP contribution in [-0.2, 0) is 6.54 Å². The van der Waals surface area contributed by atoms with Crippen LogP contribution < -0.4 is 10.4 Å². The van der Waals surface area contributed by atoms with Crippen LogP contribution >= 0.6 is 0 Å². The van der Waals surface area contributed by atoms with E-state index in [1.807, 2.05) is 18.7 Å². The van der Waals surface area contributed by atoms with E-state index < -0.39 is 0 Å². The maximum Gasteiger partial charge on any atom is 0.174 e. The predicted molar refractivity (Wildman–Crippen MR) is 72.3 cm³/mol. The second-order valence-electron chi connectivity index (χ2n) is 3.85. The van der Waals surface area contributed by atoms with Crippen molar-refractivity contribution >= 4 is 17.0 Å². The number of aromatic nitrogens is 4. The first-order chi connectivity index (χ1) is 9.27. The number of nitrogens with one attached hydrogen (secondary N) is 1. The second kappa shape index (κ2) is 6.13. The molecule has 0 unspecified atom stereocenters. The molecule has 0 bridgehead atoms. The van der Waals surface area contributed by atoms with Crippen LogP contribution in [0.2, 0.25) is 0 Å². The smallest absolute Gasteiger partial charge is 0.174 e. The van der Waals surface area contributed by atoms with Crippen LogP contribution in [0.5, 0.6) is 0 Å². The lowest BCUT2D eigenvalue weighted by molar-refractivity contribution is 0.305. The van der Waals surface area contributed by atoms with Crippen molar-refractivity contribution in [3.63, 3.8) is 0 Å². The number of imidazole rings is 1. The standard InChI is InChI=1S/C12H16N6O/c1-13-17(2)11-10-12(15-8-14-11)18(9-16-10)6-4-3-5-7-19/h8-9,13,19H,5-7H2,1-2H3. The molecule has 0 radical (unpaired) electrons. The van der Waals surface area contributed by atoms with Crippen molar-refractivity contribution in [3.8, 4) is 11.8 Å². The maximum absolute atomic E-state index is 8.67. The summed E-state index contributed by atoms with van der Waals surface area (Å²) in [7, 11) is 3.67. The second-order valence-corrected chi connectivity index (χ2v) is 3.85. The summed E-state index contributed by atoms with van der Waals surface area (Å²) in [6.07, 6.45) is 3.68. The van der Waals surface area contributed by atoms with Gasteiger partial charge in [0.25, 0.3) is 0 Å². The monoisotopic (exact) mass is 260 g/mol. The molecule has 7 heteroatoms.